The molecular weight excluding hydrogens is 212 g/mol. The summed E-state index contributed by atoms with van der Waals surface area (Å²) < 4.78 is 1.14. The fourth-order valence-corrected chi connectivity index (χ4v) is 2.22. The Hall–Kier alpha value is -1.51. The number of hydroxylamine groups is 1. The average molecular weight is 232 g/mol. The highest BCUT2D eigenvalue weighted by molar-refractivity contribution is 5.96. The Labute approximate surface area is 103 Å². The molecule has 0 aromatic heterocycles. The van der Waals surface area contributed by atoms with Gasteiger partial charge in [0.15, 0.2) is 0 Å². The summed E-state index contributed by atoms with van der Waals surface area (Å²) in [4.78, 5) is 2.08. The van der Waals surface area contributed by atoms with Crippen LogP contribution in [0.15, 0.2) is 30.3 Å². The van der Waals surface area contributed by atoms with Crippen LogP contribution in [0, 0.1) is 5.21 Å². The third-order valence-electron chi connectivity index (χ3n) is 4.39. The molecule has 92 valence electrons. The molecule has 0 fully saturated rings. The Kier molecular flexibility index (Phi) is 2.45. The standard InChI is InChI=1S/C14H20N2O/c1-13(2)14(3,4)16(17)12(15(13)5)11-9-7-6-8-10-11/h6-10H,1-5H3. The summed E-state index contributed by atoms with van der Waals surface area (Å²) in [6.45, 7) is 8.20. The number of likely N-dealkylation sites (N-methyl/N-ethyl adjacent to an activating group) is 1. The van der Waals surface area contributed by atoms with Gasteiger partial charge in [-0.3, -0.25) is 9.64 Å². The lowest BCUT2D eigenvalue weighted by Gasteiger charge is -2.35. The van der Waals surface area contributed by atoms with Gasteiger partial charge in [0.1, 0.15) is 11.1 Å². The maximum absolute atomic E-state index is 12.5. The third kappa shape index (κ3) is 1.45. The van der Waals surface area contributed by atoms with Gasteiger partial charge < -0.3 is 5.21 Å². The number of hydrogen-bond donors (Lipinski definition) is 0. The van der Waals surface area contributed by atoms with Crippen LogP contribution in [-0.4, -0.2) is 33.6 Å². The second-order valence-electron chi connectivity index (χ2n) is 5.66. The Bertz CT molecular complexity index is 460. The number of amidine groups is 1. The van der Waals surface area contributed by atoms with E-state index in [-0.39, 0.29) is 5.54 Å². The number of hydrogen-bond acceptors (Lipinski definition) is 2. The number of nitrogens with zero attached hydrogens (tertiary/aromatic N) is 2. The lowest BCUT2D eigenvalue weighted by molar-refractivity contribution is -0.539. The molecule has 0 saturated heterocycles. The van der Waals surface area contributed by atoms with E-state index in [1.165, 1.54) is 0 Å². The molecule has 0 aliphatic carbocycles. The zero-order valence-electron chi connectivity index (χ0n) is 11.2. The molecule has 0 bridgehead atoms. The summed E-state index contributed by atoms with van der Waals surface area (Å²) in [6.07, 6.45) is 0. The van der Waals surface area contributed by atoms with Crippen molar-refractivity contribution in [3.63, 3.8) is 0 Å². The maximum atomic E-state index is 12.5. The smallest absolute Gasteiger partial charge is 0.283 e. The highest BCUT2D eigenvalue weighted by Crippen LogP contribution is 2.36. The van der Waals surface area contributed by atoms with Crippen LogP contribution in [0.2, 0.25) is 0 Å². The molecule has 3 nitrogen and oxygen atoms in total. The Morgan fingerprint density at radius 2 is 1.59 bits per heavy atom. The van der Waals surface area contributed by atoms with Gasteiger partial charge in [-0.15, -0.1) is 0 Å². The van der Waals surface area contributed by atoms with Crippen LogP contribution >= 0.6 is 0 Å². The first kappa shape index (κ1) is 12.0. The largest absolute Gasteiger partial charge is 0.715 e. The van der Waals surface area contributed by atoms with E-state index < -0.39 is 5.54 Å². The van der Waals surface area contributed by atoms with E-state index in [4.69, 9.17) is 0 Å². The minimum absolute atomic E-state index is 0.195. The first-order valence-corrected chi connectivity index (χ1v) is 5.93. The molecule has 0 atom stereocenters. The summed E-state index contributed by atoms with van der Waals surface area (Å²) in [7, 11) is 1.99. The molecular formula is C14H20N2O. The predicted octanol–water partition coefficient (Wildman–Crippen LogP) is 2.45. The molecule has 1 aliphatic rings. The quantitative estimate of drug-likeness (QED) is 0.550. The van der Waals surface area contributed by atoms with E-state index in [1.807, 2.05) is 51.2 Å². The van der Waals surface area contributed by atoms with Crippen molar-refractivity contribution in [3.05, 3.63) is 41.1 Å². The van der Waals surface area contributed by atoms with Crippen molar-refractivity contribution in [1.29, 1.82) is 0 Å². The fourth-order valence-electron chi connectivity index (χ4n) is 2.22. The molecule has 3 heteroatoms. The molecule has 1 heterocycles. The summed E-state index contributed by atoms with van der Waals surface area (Å²) in [5, 5.41) is 12.5. The highest BCUT2D eigenvalue weighted by Gasteiger charge is 2.56. The van der Waals surface area contributed by atoms with Crippen LogP contribution in [0.4, 0.5) is 0 Å². The molecule has 17 heavy (non-hydrogen) atoms. The Morgan fingerprint density at radius 3 is 2.00 bits per heavy atom. The van der Waals surface area contributed by atoms with Gasteiger partial charge >= 0.3 is 0 Å². The van der Waals surface area contributed by atoms with Gasteiger partial charge in [0, 0.05) is 0 Å². The van der Waals surface area contributed by atoms with Crippen LogP contribution in [-0.2, 0) is 0 Å². The Morgan fingerprint density at radius 1 is 1.06 bits per heavy atom. The zero-order valence-corrected chi connectivity index (χ0v) is 11.2. The molecule has 1 aromatic carbocycles. The maximum Gasteiger partial charge on any atom is 0.283 e. The fraction of sp³-hybridized carbons (Fsp3) is 0.500. The van der Waals surface area contributed by atoms with E-state index in [9.17, 15) is 5.21 Å². The van der Waals surface area contributed by atoms with Crippen molar-refractivity contribution in [2.45, 2.75) is 38.8 Å². The molecule has 0 saturated carbocycles. The minimum Gasteiger partial charge on any atom is -0.715 e. The van der Waals surface area contributed by atoms with E-state index in [0.717, 1.165) is 16.1 Å². The van der Waals surface area contributed by atoms with E-state index in [2.05, 4.69) is 18.7 Å². The van der Waals surface area contributed by atoms with Gasteiger partial charge in [-0.1, -0.05) is 18.2 Å². The normalized spacial score (nSPS) is 22.1. The molecule has 2 rings (SSSR count). The average Bonchev–Trinajstić information content (AvgIpc) is 2.40. The number of rotatable bonds is 1. The summed E-state index contributed by atoms with van der Waals surface area (Å²) in [6, 6.07) is 9.84. The SMILES string of the molecule is CN1C(c2ccccc2)=[N+]([O-])C(C)(C)C1(C)C. The molecule has 0 spiro atoms. The van der Waals surface area contributed by atoms with E-state index >= 15 is 0 Å². The molecule has 0 N–H and O–H groups in total. The van der Waals surface area contributed by atoms with Gasteiger partial charge in [0.2, 0.25) is 0 Å². The van der Waals surface area contributed by atoms with Crippen LogP contribution in [0.25, 0.3) is 0 Å². The lowest BCUT2D eigenvalue weighted by Crippen LogP contribution is -2.53. The minimum atomic E-state index is -0.438. The van der Waals surface area contributed by atoms with Gasteiger partial charge in [0.25, 0.3) is 5.84 Å². The lowest BCUT2D eigenvalue weighted by atomic mass is 9.83. The van der Waals surface area contributed by atoms with Gasteiger partial charge in [-0.25, -0.2) is 0 Å². The second-order valence-corrected chi connectivity index (χ2v) is 5.66. The first-order chi connectivity index (χ1) is 7.80. The molecule has 0 unspecified atom stereocenters. The topological polar surface area (TPSA) is 29.3 Å². The molecule has 1 aliphatic heterocycles. The third-order valence-corrected chi connectivity index (χ3v) is 4.39. The van der Waals surface area contributed by atoms with Crippen LogP contribution < -0.4 is 0 Å². The monoisotopic (exact) mass is 232 g/mol. The summed E-state index contributed by atoms with van der Waals surface area (Å²) in [5.74, 6) is 0.751. The molecule has 0 amide bonds. The van der Waals surface area contributed by atoms with Gasteiger partial charge in [-0.2, -0.15) is 0 Å². The van der Waals surface area contributed by atoms with Crippen LogP contribution in [0.5, 0.6) is 0 Å². The summed E-state index contributed by atoms with van der Waals surface area (Å²) >= 11 is 0. The van der Waals surface area contributed by atoms with Crippen molar-refractivity contribution in [2.75, 3.05) is 7.05 Å². The summed E-state index contributed by atoms with van der Waals surface area (Å²) in [5.41, 5.74) is 0.344. The van der Waals surface area contributed by atoms with Gasteiger partial charge in [-0.05, 0) is 39.8 Å². The van der Waals surface area contributed by atoms with Crippen molar-refractivity contribution in [2.24, 2.45) is 0 Å². The predicted molar refractivity (Wildman–Crippen MR) is 70.1 cm³/mol. The van der Waals surface area contributed by atoms with Gasteiger partial charge in [0.05, 0.1) is 12.6 Å². The number of benzene rings is 1. The van der Waals surface area contributed by atoms with Crippen molar-refractivity contribution in [1.82, 2.24) is 4.90 Å². The van der Waals surface area contributed by atoms with E-state index in [1.54, 1.807) is 0 Å². The molecule has 1 aromatic rings. The Balaban J connectivity index is 2.59. The van der Waals surface area contributed by atoms with E-state index in [0.29, 0.717) is 0 Å². The first-order valence-electron chi connectivity index (χ1n) is 5.93. The van der Waals surface area contributed by atoms with Crippen molar-refractivity contribution >= 4 is 5.84 Å². The van der Waals surface area contributed by atoms with Crippen molar-refractivity contribution in [3.8, 4) is 0 Å². The highest BCUT2D eigenvalue weighted by atomic mass is 16.5. The van der Waals surface area contributed by atoms with Crippen LogP contribution in [0.1, 0.15) is 33.3 Å². The molecule has 0 radical (unpaired) electrons. The zero-order chi connectivity index (χ0) is 12.8. The van der Waals surface area contributed by atoms with Crippen LogP contribution in [0.3, 0.4) is 0 Å². The van der Waals surface area contributed by atoms with Crippen molar-refractivity contribution < 1.29 is 4.74 Å². The second kappa shape index (κ2) is 3.49.